The lowest BCUT2D eigenvalue weighted by Gasteiger charge is -2.06. The standard InChI is InChI=1S/C8H11N5O3S2/c1-16-3-2-13-7(6-4-17-5-10-6)11-12-8(13)18(9,14)15/h4-5H,2-3H2,1H3,(H2,9,14,15). The number of ether oxygens (including phenoxy) is 1. The van der Waals surface area contributed by atoms with E-state index < -0.39 is 10.0 Å². The zero-order valence-electron chi connectivity index (χ0n) is 9.48. The van der Waals surface area contributed by atoms with Crippen molar-refractivity contribution in [2.45, 2.75) is 11.7 Å². The number of methoxy groups -OCH3 is 1. The molecule has 98 valence electrons. The molecule has 0 bridgehead atoms. The smallest absolute Gasteiger partial charge is 0.273 e. The summed E-state index contributed by atoms with van der Waals surface area (Å²) in [5.41, 5.74) is 2.18. The van der Waals surface area contributed by atoms with E-state index in [1.807, 2.05) is 0 Å². The van der Waals surface area contributed by atoms with Crippen LogP contribution in [0, 0.1) is 0 Å². The van der Waals surface area contributed by atoms with Gasteiger partial charge >= 0.3 is 0 Å². The minimum Gasteiger partial charge on any atom is -0.383 e. The molecule has 0 saturated carbocycles. The minimum atomic E-state index is -3.92. The van der Waals surface area contributed by atoms with E-state index in [4.69, 9.17) is 9.88 Å². The summed E-state index contributed by atoms with van der Waals surface area (Å²) < 4.78 is 29.1. The van der Waals surface area contributed by atoms with Gasteiger partial charge in [0.25, 0.3) is 15.2 Å². The summed E-state index contributed by atoms with van der Waals surface area (Å²) in [6.07, 6.45) is 0. The van der Waals surface area contributed by atoms with E-state index in [0.29, 0.717) is 18.1 Å². The highest BCUT2D eigenvalue weighted by atomic mass is 32.2. The van der Waals surface area contributed by atoms with Gasteiger partial charge in [0.05, 0.1) is 18.7 Å². The lowest BCUT2D eigenvalue weighted by atomic mass is 10.4. The molecule has 2 N–H and O–H groups in total. The Labute approximate surface area is 107 Å². The van der Waals surface area contributed by atoms with Gasteiger partial charge in [0.15, 0.2) is 5.82 Å². The summed E-state index contributed by atoms with van der Waals surface area (Å²) in [5.74, 6) is 0.359. The van der Waals surface area contributed by atoms with Crippen LogP contribution in [-0.4, -0.2) is 41.9 Å². The van der Waals surface area contributed by atoms with Crippen molar-refractivity contribution in [2.75, 3.05) is 13.7 Å². The number of nitrogens with zero attached hydrogens (tertiary/aromatic N) is 4. The number of primary sulfonamides is 1. The molecule has 0 atom stereocenters. The van der Waals surface area contributed by atoms with Gasteiger partial charge < -0.3 is 4.74 Å². The van der Waals surface area contributed by atoms with Gasteiger partial charge in [-0.15, -0.1) is 21.5 Å². The van der Waals surface area contributed by atoms with E-state index in [1.165, 1.54) is 23.0 Å². The monoisotopic (exact) mass is 289 g/mol. The first-order valence-electron chi connectivity index (χ1n) is 4.87. The van der Waals surface area contributed by atoms with Crippen molar-refractivity contribution in [3.05, 3.63) is 10.9 Å². The highest BCUT2D eigenvalue weighted by molar-refractivity contribution is 7.89. The normalized spacial score (nSPS) is 11.9. The molecule has 0 radical (unpaired) electrons. The average Bonchev–Trinajstić information content (AvgIpc) is 2.93. The van der Waals surface area contributed by atoms with Crippen LogP contribution in [0.4, 0.5) is 0 Å². The second-order valence-electron chi connectivity index (χ2n) is 3.37. The van der Waals surface area contributed by atoms with Crippen LogP contribution in [0.3, 0.4) is 0 Å². The maximum Gasteiger partial charge on any atom is 0.273 e. The minimum absolute atomic E-state index is 0.280. The molecule has 0 aliphatic heterocycles. The van der Waals surface area contributed by atoms with Crippen molar-refractivity contribution in [2.24, 2.45) is 5.14 Å². The maximum absolute atomic E-state index is 11.4. The molecule has 0 amide bonds. The quantitative estimate of drug-likeness (QED) is 0.808. The van der Waals surface area contributed by atoms with Gasteiger partial charge in [0.2, 0.25) is 0 Å². The highest BCUT2D eigenvalue weighted by Gasteiger charge is 2.22. The van der Waals surface area contributed by atoms with E-state index in [-0.39, 0.29) is 11.7 Å². The van der Waals surface area contributed by atoms with Gasteiger partial charge in [-0.05, 0) is 0 Å². The Morgan fingerprint density at radius 1 is 1.50 bits per heavy atom. The first kappa shape index (κ1) is 13.1. The third kappa shape index (κ3) is 2.56. The molecule has 2 aromatic heterocycles. The van der Waals surface area contributed by atoms with Crippen LogP contribution in [0.1, 0.15) is 0 Å². The SMILES string of the molecule is COCCn1c(-c2cscn2)nnc1S(N)(=O)=O. The van der Waals surface area contributed by atoms with E-state index >= 15 is 0 Å². The molecular formula is C8H11N5O3S2. The number of hydrogen-bond donors (Lipinski definition) is 1. The van der Waals surface area contributed by atoms with E-state index in [1.54, 1.807) is 10.9 Å². The highest BCUT2D eigenvalue weighted by Crippen LogP contribution is 2.19. The summed E-state index contributed by atoms with van der Waals surface area (Å²) in [5, 5.41) is 14.0. The fourth-order valence-corrected chi connectivity index (χ4v) is 2.57. The van der Waals surface area contributed by atoms with Crippen molar-refractivity contribution >= 4 is 21.4 Å². The predicted molar refractivity (Wildman–Crippen MR) is 64.4 cm³/mol. The Kier molecular flexibility index (Phi) is 3.71. The van der Waals surface area contributed by atoms with Crippen LogP contribution in [0.25, 0.3) is 11.5 Å². The zero-order chi connectivity index (χ0) is 13.2. The summed E-state index contributed by atoms with van der Waals surface area (Å²) in [6, 6.07) is 0. The van der Waals surface area contributed by atoms with Crippen LogP contribution >= 0.6 is 11.3 Å². The number of sulfonamides is 1. The lowest BCUT2D eigenvalue weighted by Crippen LogP contribution is -2.20. The maximum atomic E-state index is 11.4. The topological polar surface area (TPSA) is 113 Å². The predicted octanol–water partition coefficient (Wildman–Crippen LogP) is -0.305. The van der Waals surface area contributed by atoms with E-state index in [0.717, 1.165) is 0 Å². The van der Waals surface area contributed by atoms with Crippen molar-refractivity contribution in [1.29, 1.82) is 0 Å². The second-order valence-corrected chi connectivity index (χ2v) is 5.54. The van der Waals surface area contributed by atoms with Gasteiger partial charge in [-0.25, -0.2) is 18.5 Å². The summed E-state index contributed by atoms with van der Waals surface area (Å²) in [4.78, 5) is 4.07. The molecule has 2 aromatic rings. The van der Waals surface area contributed by atoms with Gasteiger partial charge in [-0.1, -0.05) is 0 Å². The van der Waals surface area contributed by atoms with Crippen LogP contribution in [0.5, 0.6) is 0 Å². The number of rotatable bonds is 5. The molecule has 10 heteroatoms. The first-order chi connectivity index (χ1) is 8.54. The number of hydrogen-bond acceptors (Lipinski definition) is 7. The first-order valence-corrected chi connectivity index (χ1v) is 7.36. The van der Waals surface area contributed by atoms with Crippen molar-refractivity contribution in [1.82, 2.24) is 19.7 Å². The fraction of sp³-hybridized carbons (Fsp3) is 0.375. The molecule has 0 aliphatic carbocycles. The summed E-state index contributed by atoms with van der Waals surface area (Å²) in [7, 11) is -2.41. The Morgan fingerprint density at radius 3 is 2.83 bits per heavy atom. The van der Waals surface area contributed by atoms with E-state index in [2.05, 4.69) is 15.2 Å². The molecule has 0 saturated heterocycles. The fourth-order valence-electron chi connectivity index (χ4n) is 1.40. The molecule has 0 spiro atoms. The van der Waals surface area contributed by atoms with Crippen LogP contribution in [0.2, 0.25) is 0 Å². The van der Waals surface area contributed by atoms with Crippen LogP contribution in [-0.2, 0) is 21.3 Å². The largest absolute Gasteiger partial charge is 0.383 e. The van der Waals surface area contributed by atoms with Crippen LogP contribution in [0.15, 0.2) is 16.0 Å². The van der Waals surface area contributed by atoms with Gasteiger partial charge in [0, 0.05) is 12.5 Å². The molecule has 0 unspecified atom stereocenters. The molecule has 18 heavy (non-hydrogen) atoms. The average molecular weight is 289 g/mol. The number of aromatic nitrogens is 4. The molecule has 0 aliphatic rings. The lowest BCUT2D eigenvalue weighted by molar-refractivity contribution is 0.185. The van der Waals surface area contributed by atoms with Crippen LogP contribution < -0.4 is 5.14 Å². The molecule has 0 fully saturated rings. The van der Waals surface area contributed by atoms with Gasteiger partial charge in [0.1, 0.15) is 5.69 Å². The Morgan fingerprint density at radius 2 is 2.28 bits per heavy atom. The zero-order valence-corrected chi connectivity index (χ0v) is 11.1. The Balaban J connectivity index is 2.51. The number of thiazole rings is 1. The molecule has 2 heterocycles. The molecule has 0 aromatic carbocycles. The third-order valence-electron chi connectivity index (χ3n) is 2.15. The van der Waals surface area contributed by atoms with E-state index in [9.17, 15) is 8.42 Å². The van der Waals surface area contributed by atoms with Crippen molar-refractivity contribution in [3.63, 3.8) is 0 Å². The summed E-state index contributed by atoms with van der Waals surface area (Å²) in [6.45, 7) is 0.597. The number of nitrogens with two attached hydrogens (primary N) is 1. The third-order valence-corrected chi connectivity index (χ3v) is 3.55. The van der Waals surface area contributed by atoms with Gasteiger partial charge in [-0.3, -0.25) is 4.57 Å². The summed E-state index contributed by atoms with van der Waals surface area (Å²) >= 11 is 1.38. The Hall–Kier alpha value is -1.36. The van der Waals surface area contributed by atoms with Gasteiger partial charge in [-0.2, -0.15) is 0 Å². The van der Waals surface area contributed by atoms with Crippen molar-refractivity contribution < 1.29 is 13.2 Å². The molecule has 8 nitrogen and oxygen atoms in total. The Bertz CT molecular complexity index is 619. The second kappa shape index (κ2) is 5.10. The van der Waals surface area contributed by atoms with Crippen molar-refractivity contribution in [3.8, 4) is 11.5 Å². The molecule has 2 rings (SSSR count). The molecular weight excluding hydrogens is 278 g/mol.